The van der Waals surface area contributed by atoms with Crippen LogP contribution < -0.4 is 10.5 Å². The molecule has 0 aliphatic rings. The predicted molar refractivity (Wildman–Crippen MR) is 80.6 cm³/mol. The molecule has 0 aliphatic heterocycles. The lowest BCUT2D eigenvalue weighted by atomic mass is 10.1. The van der Waals surface area contributed by atoms with Crippen molar-refractivity contribution in [2.75, 3.05) is 0 Å². The predicted octanol–water partition coefficient (Wildman–Crippen LogP) is 3.76. The number of nitrogen functional groups attached to an aromatic ring is 1. The zero-order valence-corrected chi connectivity index (χ0v) is 12.5. The van der Waals surface area contributed by atoms with Crippen molar-refractivity contribution in [2.24, 2.45) is 5.73 Å². The fourth-order valence-corrected chi connectivity index (χ4v) is 1.95. The summed E-state index contributed by atoms with van der Waals surface area (Å²) in [6, 6.07) is 10.0. The van der Waals surface area contributed by atoms with Crippen LogP contribution in [0.2, 0.25) is 0 Å². The summed E-state index contributed by atoms with van der Waals surface area (Å²) in [7, 11) is 0. The van der Waals surface area contributed by atoms with E-state index in [-0.39, 0.29) is 12.4 Å². The van der Waals surface area contributed by atoms with Crippen LogP contribution in [0.1, 0.15) is 16.7 Å². The van der Waals surface area contributed by atoms with Crippen LogP contribution in [0.3, 0.4) is 0 Å². The van der Waals surface area contributed by atoms with Gasteiger partial charge in [-0.25, -0.2) is 4.39 Å². The SMILES string of the molecule is Cc1cc(OCc2ccc(C(=N)N)cc2F)ccc1Br. The summed E-state index contributed by atoms with van der Waals surface area (Å²) in [6.45, 7) is 2.09. The van der Waals surface area contributed by atoms with Gasteiger partial charge >= 0.3 is 0 Å². The van der Waals surface area contributed by atoms with Crippen LogP contribution in [-0.4, -0.2) is 5.84 Å². The van der Waals surface area contributed by atoms with Gasteiger partial charge in [-0.3, -0.25) is 5.41 Å². The van der Waals surface area contributed by atoms with E-state index in [1.807, 2.05) is 25.1 Å². The number of nitrogens with two attached hydrogens (primary N) is 1. The van der Waals surface area contributed by atoms with E-state index in [4.69, 9.17) is 15.9 Å². The van der Waals surface area contributed by atoms with Gasteiger partial charge in [-0.05, 0) is 36.8 Å². The third-order valence-corrected chi connectivity index (χ3v) is 3.78. The van der Waals surface area contributed by atoms with Gasteiger partial charge in [-0.1, -0.05) is 28.1 Å². The van der Waals surface area contributed by atoms with Gasteiger partial charge < -0.3 is 10.5 Å². The number of ether oxygens (including phenoxy) is 1. The summed E-state index contributed by atoms with van der Waals surface area (Å²) in [5, 5.41) is 7.26. The Morgan fingerprint density at radius 2 is 2.05 bits per heavy atom. The number of hydrogen-bond acceptors (Lipinski definition) is 2. The molecule has 0 bridgehead atoms. The van der Waals surface area contributed by atoms with Crippen molar-refractivity contribution in [1.29, 1.82) is 5.41 Å². The molecular weight excluding hydrogens is 323 g/mol. The summed E-state index contributed by atoms with van der Waals surface area (Å²) in [5.41, 5.74) is 7.15. The highest BCUT2D eigenvalue weighted by Gasteiger charge is 2.06. The minimum atomic E-state index is -0.425. The van der Waals surface area contributed by atoms with Gasteiger partial charge in [0.15, 0.2) is 0 Å². The van der Waals surface area contributed by atoms with Crippen molar-refractivity contribution in [3.63, 3.8) is 0 Å². The van der Waals surface area contributed by atoms with Crippen molar-refractivity contribution in [1.82, 2.24) is 0 Å². The fraction of sp³-hybridized carbons (Fsp3) is 0.133. The first kappa shape index (κ1) is 14.5. The van der Waals surface area contributed by atoms with Crippen molar-refractivity contribution in [2.45, 2.75) is 13.5 Å². The minimum absolute atomic E-state index is 0.130. The van der Waals surface area contributed by atoms with Crippen LogP contribution in [0.25, 0.3) is 0 Å². The third kappa shape index (κ3) is 3.36. The quantitative estimate of drug-likeness (QED) is 0.659. The van der Waals surface area contributed by atoms with Crippen LogP contribution in [-0.2, 0) is 6.61 Å². The Morgan fingerprint density at radius 1 is 1.30 bits per heavy atom. The molecule has 0 radical (unpaired) electrons. The fourth-order valence-electron chi connectivity index (χ4n) is 1.70. The van der Waals surface area contributed by atoms with E-state index < -0.39 is 5.82 Å². The molecule has 0 amide bonds. The molecule has 0 fully saturated rings. The Kier molecular flexibility index (Phi) is 4.39. The monoisotopic (exact) mass is 336 g/mol. The standard InChI is InChI=1S/C15H14BrFN2O/c1-9-6-12(4-5-13(9)16)20-8-11-3-2-10(15(18)19)7-14(11)17/h2-7H,8H2,1H3,(H3,18,19). The van der Waals surface area contributed by atoms with Gasteiger partial charge in [0.05, 0.1) is 0 Å². The van der Waals surface area contributed by atoms with Crippen LogP contribution in [0.15, 0.2) is 40.9 Å². The van der Waals surface area contributed by atoms with E-state index in [0.717, 1.165) is 10.0 Å². The third-order valence-electron chi connectivity index (χ3n) is 2.89. The van der Waals surface area contributed by atoms with E-state index in [9.17, 15) is 4.39 Å². The van der Waals surface area contributed by atoms with E-state index in [0.29, 0.717) is 16.9 Å². The van der Waals surface area contributed by atoms with Gasteiger partial charge in [-0.15, -0.1) is 0 Å². The highest BCUT2D eigenvalue weighted by Crippen LogP contribution is 2.22. The Morgan fingerprint density at radius 3 is 2.65 bits per heavy atom. The van der Waals surface area contributed by atoms with Crippen molar-refractivity contribution in [3.8, 4) is 5.75 Å². The van der Waals surface area contributed by atoms with Gasteiger partial charge in [0.25, 0.3) is 0 Å². The molecule has 0 aliphatic carbocycles. The van der Waals surface area contributed by atoms with Crippen LogP contribution in [0.5, 0.6) is 5.75 Å². The number of halogens is 2. The molecule has 2 aromatic rings. The number of rotatable bonds is 4. The highest BCUT2D eigenvalue weighted by atomic mass is 79.9. The molecule has 20 heavy (non-hydrogen) atoms. The van der Waals surface area contributed by atoms with Gasteiger partial charge in [0.1, 0.15) is 24.0 Å². The maximum atomic E-state index is 13.8. The Bertz CT molecular complexity index is 658. The largest absolute Gasteiger partial charge is 0.489 e. The zero-order chi connectivity index (χ0) is 14.7. The summed E-state index contributed by atoms with van der Waals surface area (Å²) in [4.78, 5) is 0. The lowest BCUT2D eigenvalue weighted by molar-refractivity contribution is 0.299. The second kappa shape index (κ2) is 6.05. The molecule has 0 atom stereocenters. The van der Waals surface area contributed by atoms with Crippen molar-refractivity contribution < 1.29 is 9.13 Å². The molecule has 2 aromatic carbocycles. The van der Waals surface area contributed by atoms with Crippen LogP contribution >= 0.6 is 15.9 Å². The molecule has 3 nitrogen and oxygen atoms in total. The number of benzene rings is 2. The summed E-state index contributed by atoms with van der Waals surface area (Å²) < 4.78 is 20.4. The lowest BCUT2D eigenvalue weighted by Crippen LogP contribution is -2.12. The second-order valence-corrected chi connectivity index (χ2v) is 5.27. The smallest absolute Gasteiger partial charge is 0.130 e. The minimum Gasteiger partial charge on any atom is -0.489 e. The molecule has 3 N–H and O–H groups in total. The number of hydrogen-bond donors (Lipinski definition) is 2. The topological polar surface area (TPSA) is 59.1 Å². The average molecular weight is 337 g/mol. The lowest BCUT2D eigenvalue weighted by Gasteiger charge is -2.09. The van der Waals surface area contributed by atoms with Crippen LogP contribution in [0.4, 0.5) is 4.39 Å². The first-order valence-electron chi connectivity index (χ1n) is 5.99. The Hall–Kier alpha value is -1.88. The average Bonchev–Trinajstić information content (AvgIpc) is 2.41. The molecule has 0 saturated carbocycles. The van der Waals surface area contributed by atoms with E-state index >= 15 is 0 Å². The molecule has 0 spiro atoms. The molecule has 5 heteroatoms. The first-order valence-corrected chi connectivity index (χ1v) is 6.78. The maximum Gasteiger partial charge on any atom is 0.130 e. The van der Waals surface area contributed by atoms with Gasteiger partial charge in [0, 0.05) is 15.6 Å². The molecule has 2 rings (SSSR count). The molecule has 0 aromatic heterocycles. The molecule has 0 unspecified atom stereocenters. The second-order valence-electron chi connectivity index (χ2n) is 4.42. The molecule has 104 valence electrons. The molecule has 0 heterocycles. The molecular formula is C15H14BrFN2O. The summed E-state index contributed by atoms with van der Waals surface area (Å²) in [5.74, 6) is 0.104. The summed E-state index contributed by atoms with van der Waals surface area (Å²) >= 11 is 3.41. The normalized spacial score (nSPS) is 10.3. The maximum absolute atomic E-state index is 13.8. The highest BCUT2D eigenvalue weighted by molar-refractivity contribution is 9.10. The Labute approximate surface area is 125 Å². The van der Waals surface area contributed by atoms with E-state index in [2.05, 4.69) is 15.9 Å². The number of nitrogens with one attached hydrogen (secondary N) is 1. The Balaban J connectivity index is 2.10. The summed E-state index contributed by atoms with van der Waals surface area (Å²) in [6.07, 6.45) is 0. The van der Waals surface area contributed by atoms with Crippen molar-refractivity contribution >= 4 is 21.8 Å². The van der Waals surface area contributed by atoms with Gasteiger partial charge in [0.2, 0.25) is 0 Å². The number of amidine groups is 1. The zero-order valence-electron chi connectivity index (χ0n) is 10.9. The first-order chi connectivity index (χ1) is 9.47. The van der Waals surface area contributed by atoms with Gasteiger partial charge in [-0.2, -0.15) is 0 Å². The van der Waals surface area contributed by atoms with E-state index in [1.165, 1.54) is 6.07 Å². The van der Waals surface area contributed by atoms with E-state index in [1.54, 1.807) is 12.1 Å². The van der Waals surface area contributed by atoms with Crippen LogP contribution in [0, 0.1) is 18.2 Å². The van der Waals surface area contributed by atoms with Crippen molar-refractivity contribution in [3.05, 3.63) is 63.4 Å². The molecule has 0 saturated heterocycles. The number of aryl methyl sites for hydroxylation is 1.